The van der Waals surface area contributed by atoms with Crippen molar-refractivity contribution in [2.75, 3.05) is 13.2 Å². The number of ether oxygens (including phenoxy) is 1. The fraction of sp³-hybridized carbons (Fsp3) is 0.333. The van der Waals surface area contributed by atoms with Crippen molar-refractivity contribution in [3.8, 4) is 5.75 Å². The summed E-state index contributed by atoms with van der Waals surface area (Å²) >= 11 is 0. The molecule has 124 valence electrons. The van der Waals surface area contributed by atoms with Gasteiger partial charge in [0.15, 0.2) is 0 Å². The Morgan fingerprint density at radius 2 is 2.04 bits per heavy atom. The number of fused-ring (bicyclic) bond motifs is 3. The van der Waals surface area contributed by atoms with Gasteiger partial charge >= 0.3 is 0 Å². The Bertz CT molecular complexity index is 894. The van der Waals surface area contributed by atoms with E-state index in [-0.39, 0.29) is 6.04 Å². The molecule has 3 nitrogen and oxygen atoms in total. The maximum atomic E-state index is 5.68. The zero-order valence-electron chi connectivity index (χ0n) is 14.6. The van der Waals surface area contributed by atoms with Gasteiger partial charge in [0.05, 0.1) is 12.6 Å². The maximum Gasteiger partial charge on any atom is 0.119 e. The lowest BCUT2D eigenvalue weighted by Crippen LogP contribution is -2.30. The quantitative estimate of drug-likeness (QED) is 0.749. The van der Waals surface area contributed by atoms with Crippen LogP contribution < -0.4 is 10.1 Å². The summed E-state index contributed by atoms with van der Waals surface area (Å²) in [4.78, 5) is 3.69. The van der Waals surface area contributed by atoms with Crippen molar-refractivity contribution in [2.45, 2.75) is 33.2 Å². The van der Waals surface area contributed by atoms with Crippen LogP contribution in [0.5, 0.6) is 5.75 Å². The number of benzene rings is 2. The molecule has 0 spiro atoms. The minimum Gasteiger partial charge on any atom is -0.494 e. The lowest BCUT2D eigenvalue weighted by molar-refractivity contribution is 0.339. The van der Waals surface area contributed by atoms with Crippen LogP contribution >= 0.6 is 0 Å². The van der Waals surface area contributed by atoms with Crippen molar-refractivity contribution < 1.29 is 4.74 Å². The fourth-order valence-electron chi connectivity index (χ4n) is 4.01. The number of aromatic nitrogens is 1. The Hall–Kier alpha value is -2.26. The highest BCUT2D eigenvalue weighted by Gasteiger charge is 2.26. The molecule has 1 aliphatic heterocycles. The molecular weight excluding hydrogens is 296 g/mol. The number of H-pyrrole nitrogens is 1. The molecule has 0 aliphatic carbocycles. The van der Waals surface area contributed by atoms with Crippen LogP contribution in [0, 0.1) is 13.8 Å². The molecule has 1 aromatic heterocycles. The van der Waals surface area contributed by atoms with Gasteiger partial charge in [0, 0.05) is 23.1 Å². The van der Waals surface area contributed by atoms with Crippen molar-refractivity contribution in [3.63, 3.8) is 0 Å². The third-order valence-corrected chi connectivity index (χ3v) is 4.89. The average Bonchev–Trinajstić information content (AvgIpc) is 2.93. The zero-order chi connectivity index (χ0) is 16.7. The van der Waals surface area contributed by atoms with Gasteiger partial charge in [0.25, 0.3) is 0 Å². The second-order valence-electron chi connectivity index (χ2n) is 6.66. The number of hydrogen-bond acceptors (Lipinski definition) is 2. The summed E-state index contributed by atoms with van der Waals surface area (Å²) < 4.78 is 5.68. The zero-order valence-corrected chi connectivity index (χ0v) is 14.6. The predicted octanol–water partition coefficient (Wildman–Crippen LogP) is 4.42. The smallest absolute Gasteiger partial charge is 0.119 e. The summed E-state index contributed by atoms with van der Waals surface area (Å²) in [5.41, 5.74) is 7.95. The summed E-state index contributed by atoms with van der Waals surface area (Å²) in [6.45, 7) is 8.09. The van der Waals surface area contributed by atoms with Gasteiger partial charge in [-0.15, -0.1) is 0 Å². The average molecular weight is 320 g/mol. The van der Waals surface area contributed by atoms with Crippen molar-refractivity contribution in [1.82, 2.24) is 10.3 Å². The summed E-state index contributed by atoms with van der Waals surface area (Å²) in [5.74, 6) is 0.937. The van der Waals surface area contributed by atoms with Crippen LogP contribution in [0.3, 0.4) is 0 Å². The molecule has 2 N–H and O–H groups in total. The van der Waals surface area contributed by atoms with E-state index in [1.165, 1.54) is 38.9 Å². The molecule has 2 heterocycles. The normalized spacial score (nSPS) is 17.0. The minimum absolute atomic E-state index is 0.196. The van der Waals surface area contributed by atoms with Gasteiger partial charge in [-0.3, -0.25) is 0 Å². The van der Waals surface area contributed by atoms with Crippen LogP contribution in [0.1, 0.15) is 40.9 Å². The van der Waals surface area contributed by atoms with E-state index in [0.717, 1.165) is 18.7 Å². The van der Waals surface area contributed by atoms with Crippen molar-refractivity contribution in [2.24, 2.45) is 0 Å². The molecule has 24 heavy (non-hydrogen) atoms. The van der Waals surface area contributed by atoms with Gasteiger partial charge in [-0.25, -0.2) is 0 Å². The van der Waals surface area contributed by atoms with E-state index in [2.05, 4.69) is 54.5 Å². The van der Waals surface area contributed by atoms with Gasteiger partial charge < -0.3 is 15.0 Å². The van der Waals surface area contributed by atoms with Gasteiger partial charge in [-0.2, -0.15) is 0 Å². The molecule has 0 saturated carbocycles. The van der Waals surface area contributed by atoms with Gasteiger partial charge in [-0.05, 0) is 67.6 Å². The number of hydrogen-bond donors (Lipinski definition) is 2. The predicted molar refractivity (Wildman–Crippen MR) is 98.9 cm³/mol. The molecule has 0 radical (unpaired) electrons. The lowest BCUT2D eigenvalue weighted by Gasteiger charge is -2.25. The number of aromatic amines is 1. The molecule has 3 aromatic rings. The van der Waals surface area contributed by atoms with Crippen molar-refractivity contribution in [1.29, 1.82) is 0 Å². The number of aryl methyl sites for hydroxylation is 2. The van der Waals surface area contributed by atoms with Crippen LogP contribution in [-0.2, 0) is 6.42 Å². The molecule has 3 heteroatoms. The van der Waals surface area contributed by atoms with E-state index in [1.807, 2.05) is 13.0 Å². The standard InChI is InChI=1S/C21H24N2O/c1-4-24-16-7-5-6-15(12-16)20-21-17(8-9-22-20)19-14(3)10-13(2)11-18(19)23-21/h5-7,10-12,20,22-23H,4,8-9H2,1-3H3. The molecule has 0 bridgehead atoms. The molecule has 0 saturated heterocycles. The highest BCUT2D eigenvalue weighted by molar-refractivity contribution is 5.89. The monoisotopic (exact) mass is 320 g/mol. The van der Waals surface area contributed by atoms with Gasteiger partial charge in [0.2, 0.25) is 0 Å². The Kier molecular flexibility index (Phi) is 3.81. The number of rotatable bonds is 3. The van der Waals surface area contributed by atoms with E-state index in [4.69, 9.17) is 4.74 Å². The van der Waals surface area contributed by atoms with Crippen LogP contribution in [0.15, 0.2) is 36.4 Å². The third-order valence-electron chi connectivity index (χ3n) is 4.89. The Balaban J connectivity index is 1.84. The molecule has 0 amide bonds. The molecular formula is C21H24N2O. The fourth-order valence-corrected chi connectivity index (χ4v) is 4.01. The Morgan fingerprint density at radius 3 is 2.88 bits per heavy atom. The summed E-state index contributed by atoms with van der Waals surface area (Å²) in [6, 6.07) is 13.2. The maximum absolute atomic E-state index is 5.68. The highest BCUT2D eigenvalue weighted by Crippen LogP contribution is 2.36. The van der Waals surface area contributed by atoms with Crippen LogP contribution in [0.25, 0.3) is 10.9 Å². The molecule has 1 atom stereocenters. The first-order valence-corrected chi connectivity index (χ1v) is 8.75. The first kappa shape index (κ1) is 15.3. The molecule has 4 rings (SSSR count). The number of nitrogens with one attached hydrogen (secondary N) is 2. The van der Waals surface area contributed by atoms with Crippen LogP contribution in [0.2, 0.25) is 0 Å². The SMILES string of the molecule is CCOc1cccc(C2NCCc3c2[nH]c2cc(C)cc(C)c32)c1. The van der Waals surface area contributed by atoms with E-state index < -0.39 is 0 Å². The Labute approximate surface area is 143 Å². The summed E-state index contributed by atoms with van der Waals surface area (Å²) in [7, 11) is 0. The van der Waals surface area contributed by atoms with E-state index >= 15 is 0 Å². The second-order valence-corrected chi connectivity index (χ2v) is 6.66. The first-order valence-electron chi connectivity index (χ1n) is 8.75. The first-order chi connectivity index (χ1) is 11.7. The molecule has 2 aromatic carbocycles. The Morgan fingerprint density at radius 1 is 1.17 bits per heavy atom. The topological polar surface area (TPSA) is 37.0 Å². The molecule has 1 aliphatic rings. The lowest BCUT2D eigenvalue weighted by atomic mass is 9.93. The van der Waals surface area contributed by atoms with Crippen LogP contribution in [-0.4, -0.2) is 18.1 Å². The molecule has 1 unspecified atom stereocenters. The summed E-state index contributed by atoms with van der Waals surface area (Å²) in [5, 5.41) is 5.07. The van der Waals surface area contributed by atoms with Crippen molar-refractivity contribution >= 4 is 10.9 Å². The van der Waals surface area contributed by atoms with E-state index in [1.54, 1.807) is 0 Å². The summed E-state index contributed by atoms with van der Waals surface area (Å²) in [6.07, 6.45) is 1.07. The van der Waals surface area contributed by atoms with E-state index in [9.17, 15) is 0 Å². The van der Waals surface area contributed by atoms with Crippen molar-refractivity contribution in [3.05, 3.63) is 64.3 Å². The van der Waals surface area contributed by atoms with Crippen LogP contribution in [0.4, 0.5) is 0 Å². The third kappa shape index (κ3) is 2.49. The van der Waals surface area contributed by atoms with Gasteiger partial charge in [0.1, 0.15) is 5.75 Å². The minimum atomic E-state index is 0.196. The molecule has 0 fully saturated rings. The second kappa shape index (κ2) is 5.99. The highest BCUT2D eigenvalue weighted by atomic mass is 16.5. The van der Waals surface area contributed by atoms with E-state index in [0.29, 0.717) is 6.61 Å². The van der Waals surface area contributed by atoms with Gasteiger partial charge in [-0.1, -0.05) is 18.2 Å². The largest absolute Gasteiger partial charge is 0.494 e.